The fourth-order valence-corrected chi connectivity index (χ4v) is 1.77. The Balaban J connectivity index is 1.98. The number of rotatable bonds is 5. The van der Waals surface area contributed by atoms with E-state index < -0.39 is 0 Å². The van der Waals surface area contributed by atoms with Gasteiger partial charge in [-0.05, 0) is 35.9 Å². The van der Waals surface area contributed by atoms with Gasteiger partial charge in [0.25, 0.3) is 0 Å². The molecule has 0 saturated heterocycles. The van der Waals surface area contributed by atoms with Gasteiger partial charge in [0, 0.05) is 17.8 Å². The zero-order valence-corrected chi connectivity index (χ0v) is 12.0. The van der Waals surface area contributed by atoms with Gasteiger partial charge in [-0.25, -0.2) is 0 Å². The molecule has 108 valence electrons. The van der Waals surface area contributed by atoms with E-state index in [9.17, 15) is 4.79 Å². The summed E-state index contributed by atoms with van der Waals surface area (Å²) in [6.07, 6.45) is 3.23. The van der Waals surface area contributed by atoms with Crippen molar-refractivity contribution in [2.24, 2.45) is 0 Å². The first-order valence-corrected chi connectivity index (χ1v) is 6.48. The number of hydrogen-bond acceptors (Lipinski definition) is 3. The average molecular weight is 283 g/mol. The first-order valence-electron chi connectivity index (χ1n) is 6.48. The Morgan fingerprint density at radius 3 is 2.38 bits per heavy atom. The lowest BCUT2D eigenvalue weighted by Crippen LogP contribution is -2.07. The fourth-order valence-electron chi connectivity index (χ4n) is 1.77. The van der Waals surface area contributed by atoms with Gasteiger partial charge in [0.05, 0.1) is 14.2 Å². The van der Waals surface area contributed by atoms with Crippen LogP contribution in [-0.2, 0) is 4.79 Å². The quantitative estimate of drug-likeness (QED) is 0.856. The van der Waals surface area contributed by atoms with Gasteiger partial charge in [0.15, 0.2) is 0 Å². The van der Waals surface area contributed by atoms with E-state index in [0.717, 1.165) is 11.3 Å². The standard InChI is InChI=1S/C17H17NO3/c1-20-15-9-6-13(7-10-15)8-11-17(19)18-14-4-3-5-16(12-14)21-2/h3-12H,1-2H3,(H,18,19)/b11-8+. The lowest BCUT2D eigenvalue weighted by molar-refractivity contribution is -0.111. The fraction of sp³-hybridized carbons (Fsp3) is 0.118. The molecular formula is C17H17NO3. The van der Waals surface area contributed by atoms with Crippen LogP contribution in [0.1, 0.15) is 5.56 Å². The van der Waals surface area contributed by atoms with E-state index in [2.05, 4.69) is 5.32 Å². The maximum absolute atomic E-state index is 11.8. The van der Waals surface area contributed by atoms with Gasteiger partial charge in [-0.2, -0.15) is 0 Å². The van der Waals surface area contributed by atoms with Crippen molar-refractivity contribution in [3.8, 4) is 11.5 Å². The van der Waals surface area contributed by atoms with Crippen LogP contribution in [-0.4, -0.2) is 20.1 Å². The summed E-state index contributed by atoms with van der Waals surface area (Å²) in [7, 11) is 3.21. The van der Waals surface area contributed by atoms with Gasteiger partial charge in [-0.3, -0.25) is 4.79 Å². The van der Waals surface area contributed by atoms with Crippen molar-refractivity contribution in [1.29, 1.82) is 0 Å². The molecule has 0 aliphatic carbocycles. The normalized spacial score (nSPS) is 10.4. The third-order valence-electron chi connectivity index (χ3n) is 2.88. The summed E-state index contributed by atoms with van der Waals surface area (Å²) in [5.41, 5.74) is 1.62. The summed E-state index contributed by atoms with van der Waals surface area (Å²) in [6.45, 7) is 0. The minimum atomic E-state index is -0.195. The molecule has 2 aromatic carbocycles. The van der Waals surface area contributed by atoms with Crippen LogP contribution < -0.4 is 14.8 Å². The lowest BCUT2D eigenvalue weighted by atomic mass is 10.2. The van der Waals surface area contributed by atoms with Crippen molar-refractivity contribution < 1.29 is 14.3 Å². The molecule has 2 rings (SSSR count). The van der Waals surface area contributed by atoms with Crippen molar-refractivity contribution in [1.82, 2.24) is 0 Å². The van der Waals surface area contributed by atoms with Crippen LogP contribution in [0.2, 0.25) is 0 Å². The number of amides is 1. The maximum Gasteiger partial charge on any atom is 0.248 e. The number of nitrogens with one attached hydrogen (secondary N) is 1. The molecule has 0 spiro atoms. The molecule has 0 fully saturated rings. The second-order valence-electron chi connectivity index (χ2n) is 4.33. The van der Waals surface area contributed by atoms with Crippen LogP contribution >= 0.6 is 0 Å². The second kappa shape index (κ2) is 7.14. The Morgan fingerprint density at radius 2 is 1.71 bits per heavy atom. The van der Waals surface area contributed by atoms with Crippen LogP contribution in [0.3, 0.4) is 0 Å². The number of benzene rings is 2. The Morgan fingerprint density at radius 1 is 1.00 bits per heavy atom. The van der Waals surface area contributed by atoms with Crippen molar-refractivity contribution in [3.05, 3.63) is 60.2 Å². The number of methoxy groups -OCH3 is 2. The predicted octanol–water partition coefficient (Wildman–Crippen LogP) is 3.36. The highest BCUT2D eigenvalue weighted by molar-refractivity contribution is 6.02. The number of carbonyl (C=O) groups excluding carboxylic acids is 1. The molecule has 0 saturated carbocycles. The van der Waals surface area contributed by atoms with E-state index in [1.54, 1.807) is 26.4 Å². The monoisotopic (exact) mass is 283 g/mol. The van der Waals surface area contributed by atoms with Gasteiger partial charge in [-0.15, -0.1) is 0 Å². The summed E-state index contributed by atoms with van der Waals surface area (Å²) in [5.74, 6) is 1.29. The molecule has 0 atom stereocenters. The van der Waals surface area contributed by atoms with E-state index in [-0.39, 0.29) is 5.91 Å². The predicted molar refractivity (Wildman–Crippen MR) is 83.7 cm³/mol. The van der Waals surface area contributed by atoms with E-state index >= 15 is 0 Å². The van der Waals surface area contributed by atoms with Crippen LogP contribution in [0.15, 0.2) is 54.6 Å². The third-order valence-corrected chi connectivity index (χ3v) is 2.88. The van der Waals surface area contributed by atoms with Crippen molar-refractivity contribution in [2.45, 2.75) is 0 Å². The Kier molecular flexibility index (Phi) is 4.99. The Hall–Kier alpha value is -2.75. The largest absolute Gasteiger partial charge is 0.497 e. The smallest absolute Gasteiger partial charge is 0.248 e. The molecule has 0 aliphatic heterocycles. The molecule has 0 unspecified atom stereocenters. The van der Waals surface area contributed by atoms with Crippen LogP contribution in [0.25, 0.3) is 6.08 Å². The molecule has 0 radical (unpaired) electrons. The summed E-state index contributed by atoms with van der Waals surface area (Å²) in [4.78, 5) is 11.8. The van der Waals surface area contributed by atoms with Crippen molar-refractivity contribution in [2.75, 3.05) is 19.5 Å². The maximum atomic E-state index is 11.8. The molecule has 4 nitrogen and oxygen atoms in total. The molecule has 4 heteroatoms. The van der Waals surface area contributed by atoms with Gasteiger partial charge in [0.1, 0.15) is 11.5 Å². The van der Waals surface area contributed by atoms with Gasteiger partial charge in [-0.1, -0.05) is 18.2 Å². The SMILES string of the molecule is COc1ccc(/C=C/C(=O)Nc2cccc(OC)c2)cc1. The zero-order chi connectivity index (χ0) is 15.1. The minimum Gasteiger partial charge on any atom is -0.497 e. The Bertz CT molecular complexity index is 633. The third kappa shape index (κ3) is 4.38. The minimum absolute atomic E-state index is 0.195. The molecule has 0 aromatic heterocycles. The first-order chi connectivity index (χ1) is 10.2. The highest BCUT2D eigenvalue weighted by Gasteiger charge is 1.99. The molecule has 1 amide bonds. The zero-order valence-electron chi connectivity index (χ0n) is 12.0. The average Bonchev–Trinajstić information content (AvgIpc) is 2.53. The van der Waals surface area contributed by atoms with Gasteiger partial charge < -0.3 is 14.8 Å². The van der Waals surface area contributed by atoms with Gasteiger partial charge in [0.2, 0.25) is 5.91 Å². The highest BCUT2D eigenvalue weighted by atomic mass is 16.5. The molecule has 2 aromatic rings. The van der Waals surface area contributed by atoms with Crippen LogP contribution in [0, 0.1) is 0 Å². The molecule has 21 heavy (non-hydrogen) atoms. The summed E-state index contributed by atoms with van der Waals surface area (Å²) >= 11 is 0. The van der Waals surface area contributed by atoms with Crippen molar-refractivity contribution in [3.63, 3.8) is 0 Å². The van der Waals surface area contributed by atoms with E-state index in [1.807, 2.05) is 42.5 Å². The van der Waals surface area contributed by atoms with Gasteiger partial charge >= 0.3 is 0 Å². The lowest BCUT2D eigenvalue weighted by Gasteiger charge is -2.04. The molecular weight excluding hydrogens is 266 g/mol. The molecule has 1 N–H and O–H groups in total. The van der Waals surface area contributed by atoms with Crippen LogP contribution in [0.4, 0.5) is 5.69 Å². The molecule has 0 heterocycles. The molecule has 0 aliphatic rings. The number of carbonyl (C=O) groups is 1. The van der Waals surface area contributed by atoms with Crippen LogP contribution in [0.5, 0.6) is 11.5 Å². The number of ether oxygens (including phenoxy) is 2. The molecule has 0 bridgehead atoms. The summed E-state index contributed by atoms with van der Waals surface area (Å²) < 4.78 is 10.2. The van der Waals surface area contributed by atoms with E-state index in [0.29, 0.717) is 11.4 Å². The Labute approximate surface area is 124 Å². The van der Waals surface area contributed by atoms with E-state index in [4.69, 9.17) is 9.47 Å². The summed E-state index contributed by atoms with van der Waals surface area (Å²) in [5, 5.41) is 2.78. The van der Waals surface area contributed by atoms with Crippen molar-refractivity contribution >= 4 is 17.7 Å². The number of anilines is 1. The highest BCUT2D eigenvalue weighted by Crippen LogP contribution is 2.17. The topological polar surface area (TPSA) is 47.6 Å². The van der Waals surface area contributed by atoms with E-state index in [1.165, 1.54) is 6.08 Å². The first kappa shape index (κ1) is 14.7. The number of hydrogen-bond donors (Lipinski definition) is 1. The summed E-state index contributed by atoms with van der Waals surface area (Å²) in [6, 6.07) is 14.7. The second-order valence-corrected chi connectivity index (χ2v) is 4.33.